The van der Waals surface area contributed by atoms with Crippen LogP contribution in [0.25, 0.3) is 6.08 Å². The molecule has 0 N–H and O–H groups in total. The number of carbonyl (C=O) groups is 1. The molecule has 0 fully saturated rings. The molecular weight excluding hydrogens is 386 g/mol. The van der Waals surface area contributed by atoms with E-state index in [1.165, 1.54) is 11.1 Å². The summed E-state index contributed by atoms with van der Waals surface area (Å²) in [4.78, 5) is 14.7. The third-order valence-corrected chi connectivity index (χ3v) is 5.63. The predicted octanol–water partition coefficient (Wildman–Crippen LogP) is 5.58. The van der Waals surface area contributed by atoms with Gasteiger partial charge in [-0.25, -0.2) is 0 Å². The van der Waals surface area contributed by atoms with Gasteiger partial charge in [0.05, 0.1) is 7.11 Å². The summed E-state index contributed by atoms with van der Waals surface area (Å²) in [6.07, 6.45) is 5.46. The van der Waals surface area contributed by atoms with Crippen LogP contribution in [0.5, 0.6) is 11.5 Å². The number of ether oxygens (including phenoxy) is 2. The first-order valence-corrected chi connectivity index (χ1v) is 10.6. The number of carbonyl (C=O) groups excluding carboxylic acids is 1. The Hall–Kier alpha value is -3.53. The van der Waals surface area contributed by atoms with E-state index in [-0.39, 0.29) is 5.91 Å². The molecule has 1 amide bonds. The lowest BCUT2D eigenvalue weighted by atomic mass is 10.0. The van der Waals surface area contributed by atoms with E-state index in [1.54, 1.807) is 13.2 Å². The Bertz CT molecular complexity index is 1100. The Morgan fingerprint density at radius 2 is 1.84 bits per heavy atom. The summed E-state index contributed by atoms with van der Waals surface area (Å²) in [7, 11) is 1.62. The lowest BCUT2D eigenvalue weighted by molar-refractivity contribution is -0.114. The normalized spacial score (nSPS) is 13.2. The molecule has 0 aliphatic carbocycles. The maximum absolute atomic E-state index is 12.8. The second kappa shape index (κ2) is 9.52. The number of para-hydroxylation sites is 1. The minimum Gasteiger partial charge on any atom is -0.493 e. The molecule has 0 radical (unpaired) electrons. The van der Waals surface area contributed by atoms with E-state index in [4.69, 9.17) is 9.47 Å². The molecule has 31 heavy (non-hydrogen) atoms. The van der Waals surface area contributed by atoms with Crippen molar-refractivity contribution in [2.75, 3.05) is 18.6 Å². The smallest absolute Gasteiger partial charge is 0.250 e. The minimum atomic E-state index is -0.00834. The highest BCUT2D eigenvalue weighted by atomic mass is 16.5. The van der Waals surface area contributed by atoms with Crippen molar-refractivity contribution >= 4 is 17.7 Å². The zero-order chi connectivity index (χ0) is 21.6. The van der Waals surface area contributed by atoms with Gasteiger partial charge in [0.2, 0.25) is 0 Å². The molecule has 0 aromatic heterocycles. The summed E-state index contributed by atoms with van der Waals surface area (Å²) >= 11 is 0. The van der Waals surface area contributed by atoms with Crippen molar-refractivity contribution in [3.63, 3.8) is 0 Å². The minimum absolute atomic E-state index is 0.00834. The van der Waals surface area contributed by atoms with Crippen molar-refractivity contribution in [1.29, 1.82) is 0 Å². The molecular formula is C27H27NO3. The number of fused-ring (bicyclic) bond motifs is 1. The third kappa shape index (κ3) is 4.80. The van der Waals surface area contributed by atoms with Crippen LogP contribution in [-0.4, -0.2) is 19.6 Å². The molecule has 0 saturated carbocycles. The zero-order valence-corrected chi connectivity index (χ0v) is 18.0. The first kappa shape index (κ1) is 20.7. The molecule has 158 valence electrons. The van der Waals surface area contributed by atoms with E-state index >= 15 is 0 Å². The summed E-state index contributed by atoms with van der Waals surface area (Å²) in [5, 5.41) is 0. The van der Waals surface area contributed by atoms with Crippen molar-refractivity contribution in [2.24, 2.45) is 0 Å². The van der Waals surface area contributed by atoms with E-state index < -0.39 is 0 Å². The Labute approximate surface area is 183 Å². The van der Waals surface area contributed by atoms with E-state index in [0.29, 0.717) is 18.1 Å². The second-order valence-electron chi connectivity index (χ2n) is 7.68. The molecule has 0 unspecified atom stereocenters. The SMILES string of the molecule is COc1cc(/C=C/C(=O)N2CCCc3ccccc32)ccc1OCc1ccccc1C. The van der Waals surface area contributed by atoms with Crippen LogP contribution in [0.3, 0.4) is 0 Å². The van der Waals surface area contributed by atoms with Gasteiger partial charge in [-0.2, -0.15) is 0 Å². The summed E-state index contributed by atoms with van der Waals surface area (Å²) in [5.74, 6) is 1.32. The van der Waals surface area contributed by atoms with Gasteiger partial charge in [-0.05, 0) is 66.3 Å². The zero-order valence-electron chi connectivity index (χ0n) is 18.0. The number of rotatable bonds is 6. The van der Waals surface area contributed by atoms with Gasteiger partial charge in [0.25, 0.3) is 5.91 Å². The Kier molecular flexibility index (Phi) is 6.37. The maximum Gasteiger partial charge on any atom is 0.250 e. The fourth-order valence-corrected chi connectivity index (χ4v) is 3.85. The molecule has 4 nitrogen and oxygen atoms in total. The van der Waals surface area contributed by atoms with Gasteiger partial charge in [0.15, 0.2) is 11.5 Å². The highest BCUT2D eigenvalue weighted by molar-refractivity contribution is 6.04. The summed E-state index contributed by atoms with van der Waals surface area (Å²) in [5.41, 5.74) is 5.46. The van der Waals surface area contributed by atoms with E-state index in [0.717, 1.165) is 36.2 Å². The molecule has 0 atom stereocenters. The number of aryl methyl sites for hydroxylation is 2. The van der Waals surface area contributed by atoms with Crippen LogP contribution in [0.1, 0.15) is 28.7 Å². The summed E-state index contributed by atoms with van der Waals surface area (Å²) < 4.78 is 11.5. The molecule has 1 aliphatic rings. The molecule has 1 aliphatic heterocycles. The standard InChI is InChI=1S/C27H27NO3/c1-20-8-3-4-10-23(20)19-31-25-15-13-21(18-26(25)30-2)14-16-27(29)28-17-7-11-22-9-5-6-12-24(22)28/h3-6,8-10,12-16,18H,7,11,17,19H2,1-2H3/b16-14+. The van der Waals surface area contributed by atoms with Crippen LogP contribution < -0.4 is 14.4 Å². The fraction of sp³-hybridized carbons (Fsp3) is 0.222. The molecule has 4 rings (SSSR count). The third-order valence-electron chi connectivity index (χ3n) is 5.63. The summed E-state index contributed by atoms with van der Waals surface area (Å²) in [6.45, 7) is 3.29. The fourth-order valence-electron chi connectivity index (χ4n) is 3.85. The molecule has 0 bridgehead atoms. The van der Waals surface area contributed by atoms with Gasteiger partial charge >= 0.3 is 0 Å². The van der Waals surface area contributed by atoms with Gasteiger partial charge in [-0.15, -0.1) is 0 Å². The quantitative estimate of drug-likeness (QED) is 0.496. The molecule has 1 heterocycles. The van der Waals surface area contributed by atoms with E-state index in [2.05, 4.69) is 25.1 Å². The number of methoxy groups -OCH3 is 1. The topological polar surface area (TPSA) is 38.8 Å². The number of nitrogens with zero attached hydrogens (tertiary/aromatic N) is 1. The largest absolute Gasteiger partial charge is 0.493 e. The average molecular weight is 414 g/mol. The molecule has 4 heteroatoms. The number of anilines is 1. The molecule has 0 saturated heterocycles. The molecule has 3 aromatic rings. The van der Waals surface area contributed by atoms with Crippen molar-refractivity contribution in [1.82, 2.24) is 0 Å². The van der Waals surface area contributed by atoms with E-state index in [1.807, 2.05) is 59.5 Å². The maximum atomic E-state index is 12.8. The number of hydrogen-bond acceptors (Lipinski definition) is 3. The Morgan fingerprint density at radius 3 is 2.68 bits per heavy atom. The van der Waals surface area contributed by atoms with Crippen LogP contribution in [0.4, 0.5) is 5.69 Å². The van der Waals surface area contributed by atoms with Gasteiger partial charge in [-0.1, -0.05) is 48.5 Å². The Balaban J connectivity index is 1.46. The van der Waals surface area contributed by atoms with Gasteiger partial charge in [0.1, 0.15) is 6.61 Å². The second-order valence-corrected chi connectivity index (χ2v) is 7.68. The molecule has 3 aromatic carbocycles. The predicted molar refractivity (Wildman–Crippen MR) is 125 cm³/mol. The number of hydrogen-bond donors (Lipinski definition) is 0. The van der Waals surface area contributed by atoms with Gasteiger partial charge < -0.3 is 14.4 Å². The van der Waals surface area contributed by atoms with Crippen molar-refractivity contribution in [3.8, 4) is 11.5 Å². The van der Waals surface area contributed by atoms with Crippen molar-refractivity contribution in [2.45, 2.75) is 26.4 Å². The van der Waals surface area contributed by atoms with Crippen LogP contribution in [0.15, 0.2) is 72.8 Å². The molecule has 0 spiro atoms. The first-order chi connectivity index (χ1) is 15.2. The van der Waals surface area contributed by atoms with Gasteiger partial charge in [0, 0.05) is 18.3 Å². The highest BCUT2D eigenvalue weighted by Gasteiger charge is 2.20. The van der Waals surface area contributed by atoms with Crippen LogP contribution in [-0.2, 0) is 17.8 Å². The summed E-state index contributed by atoms with van der Waals surface area (Å²) in [6, 6.07) is 22.0. The van der Waals surface area contributed by atoms with Crippen LogP contribution in [0.2, 0.25) is 0 Å². The first-order valence-electron chi connectivity index (χ1n) is 10.6. The highest BCUT2D eigenvalue weighted by Crippen LogP contribution is 2.30. The van der Waals surface area contributed by atoms with Gasteiger partial charge in [-0.3, -0.25) is 4.79 Å². The van der Waals surface area contributed by atoms with E-state index in [9.17, 15) is 4.79 Å². The average Bonchev–Trinajstić information content (AvgIpc) is 2.82. The van der Waals surface area contributed by atoms with Crippen LogP contribution >= 0.6 is 0 Å². The lowest BCUT2D eigenvalue weighted by Crippen LogP contribution is -2.34. The van der Waals surface area contributed by atoms with Crippen LogP contribution in [0, 0.1) is 6.92 Å². The number of amides is 1. The van der Waals surface area contributed by atoms with Crippen molar-refractivity contribution < 1.29 is 14.3 Å². The van der Waals surface area contributed by atoms with Crippen molar-refractivity contribution in [3.05, 3.63) is 95.1 Å². The number of benzene rings is 3. The monoisotopic (exact) mass is 413 g/mol. The Morgan fingerprint density at radius 1 is 1.03 bits per heavy atom. The lowest BCUT2D eigenvalue weighted by Gasteiger charge is -2.28.